The summed E-state index contributed by atoms with van der Waals surface area (Å²) in [6, 6.07) is 2.17. The van der Waals surface area contributed by atoms with Gasteiger partial charge in [0.15, 0.2) is 0 Å². The van der Waals surface area contributed by atoms with Crippen LogP contribution in [0.15, 0.2) is 17.0 Å². The minimum atomic E-state index is 0.723. The Morgan fingerprint density at radius 3 is 2.80 bits per heavy atom. The van der Waals surface area contributed by atoms with Gasteiger partial charge < -0.3 is 5.32 Å². The van der Waals surface area contributed by atoms with E-state index in [0.29, 0.717) is 0 Å². The van der Waals surface area contributed by atoms with Gasteiger partial charge in [0.05, 0.1) is 0 Å². The van der Waals surface area contributed by atoms with Crippen molar-refractivity contribution in [3.8, 4) is 0 Å². The fourth-order valence-corrected chi connectivity index (χ4v) is 2.31. The Hall–Kier alpha value is -0.600. The second-order valence-electron chi connectivity index (χ2n) is 4.48. The summed E-state index contributed by atoms with van der Waals surface area (Å²) in [5.74, 6) is 0.723. The van der Waals surface area contributed by atoms with Crippen molar-refractivity contribution in [3.05, 3.63) is 27.5 Å². The molecule has 0 bridgehead atoms. The number of aryl methyl sites for hydroxylation is 1. The van der Waals surface area contributed by atoms with Crippen molar-refractivity contribution >= 4 is 17.4 Å². The van der Waals surface area contributed by atoms with Gasteiger partial charge in [0.1, 0.15) is 0 Å². The van der Waals surface area contributed by atoms with Gasteiger partial charge >= 0.3 is 0 Å². The first kappa shape index (κ1) is 12.5. The molecular weight excluding hydrogens is 202 g/mol. The second-order valence-corrected chi connectivity index (χ2v) is 5.43. The SMILES string of the molecule is CC(=Cc1sccc1C)CNCC(C)C. The average molecular weight is 223 g/mol. The molecule has 1 aromatic heterocycles. The number of thiophene rings is 1. The molecule has 0 fully saturated rings. The number of nitrogens with one attached hydrogen (secondary N) is 1. The highest BCUT2D eigenvalue weighted by molar-refractivity contribution is 7.11. The van der Waals surface area contributed by atoms with E-state index in [9.17, 15) is 0 Å². The summed E-state index contributed by atoms with van der Waals surface area (Å²) < 4.78 is 0. The first-order valence-corrected chi connectivity index (χ1v) is 6.39. The molecule has 1 heterocycles. The molecule has 0 amide bonds. The summed E-state index contributed by atoms with van der Waals surface area (Å²) in [6.07, 6.45) is 2.29. The van der Waals surface area contributed by atoms with Crippen LogP contribution in [0.25, 0.3) is 6.08 Å². The van der Waals surface area contributed by atoms with Gasteiger partial charge in [0.2, 0.25) is 0 Å². The molecule has 0 radical (unpaired) electrons. The van der Waals surface area contributed by atoms with Crippen molar-refractivity contribution < 1.29 is 0 Å². The third-order valence-electron chi connectivity index (χ3n) is 2.24. The van der Waals surface area contributed by atoms with Crippen molar-refractivity contribution in [3.63, 3.8) is 0 Å². The van der Waals surface area contributed by atoms with E-state index in [4.69, 9.17) is 0 Å². The quantitative estimate of drug-likeness (QED) is 0.802. The van der Waals surface area contributed by atoms with E-state index in [0.717, 1.165) is 19.0 Å². The Kier molecular flexibility index (Phi) is 5.06. The third kappa shape index (κ3) is 4.63. The molecule has 1 aromatic rings. The lowest BCUT2D eigenvalue weighted by molar-refractivity contribution is 0.572. The van der Waals surface area contributed by atoms with Crippen molar-refractivity contribution in [2.75, 3.05) is 13.1 Å². The second kappa shape index (κ2) is 6.09. The van der Waals surface area contributed by atoms with Gasteiger partial charge in [0.25, 0.3) is 0 Å². The first-order chi connectivity index (χ1) is 7.09. The van der Waals surface area contributed by atoms with E-state index in [1.54, 1.807) is 0 Å². The molecule has 0 spiro atoms. The van der Waals surface area contributed by atoms with Crippen LogP contribution in [0.1, 0.15) is 31.2 Å². The Bertz CT molecular complexity index is 323. The zero-order chi connectivity index (χ0) is 11.3. The molecule has 0 aliphatic rings. The molecule has 1 nitrogen and oxygen atoms in total. The minimum absolute atomic E-state index is 0.723. The van der Waals surface area contributed by atoms with Gasteiger partial charge in [-0.3, -0.25) is 0 Å². The fourth-order valence-electron chi connectivity index (χ4n) is 1.37. The molecule has 0 atom stereocenters. The Morgan fingerprint density at radius 2 is 2.27 bits per heavy atom. The number of hydrogen-bond donors (Lipinski definition) is 1. The molecule has 2 heteroatoms. The van der Waals surface area contributed by atoms with E-state index in [-0.39, 0.29) is 0 Å². The third-order valence-corrected chi connectivity index (χ3v) is 3.20. The Labute approximate surface area is 97.2 Å². The molecule has 1 N–H and O–H groups in total. The lowest BCUT2D eigenvalue weighted by Crippen LogP contribution is -2.21. The molecule has 0 aliphatic carbocycles. The highest BCUT2D eigenvalue weighted by atomic mass is 32.1. The van der Waals surface area contributed by atoms with Gasteiger partial charge in [0, 0.05) is 11.4 Å². The summed E-state index contributed by atoms with van der Waals surface area (Å²) in [6.45, 7) is 10.9. The molecule has 0 saturated heterocycles. The van der Waals surface area contributed by atoms with Gasteiger partial charge in [-0.15, -0.1) is 11.3 Å². The van der Waals surface area contributed by atoms with Crippen LogP contribution in [0.4, 0.5) is 0 Å². The molecule has 0 aromatic carbocycles. The molecule has 0 unspecified atom stereocenters. The summed E-state index contributed by atoms with van der Waals surface area (Å²) in [5.41, 5.74) is 2.78. The molecule has 15 heavy (non-hydrogen) atoms. The Balaban J connectivity index is 2.43. The summed E-state index contributed by atoms with van der Waals surface area (Å²) in [7, 11) is 0. The number of hydrogen-bond acceptors (Lipinski definition) is 2. The standard InChI is InChI=1S/C13H21NS/c1-10(2)8-14-9-11(3)7-13-12(4)5-6-15-13/h5-7,10,14H,8-9H2,1-4H3. The molecular formula is C13H21NS. The van der Waals surface area contributed by atoms with Crippen molar-refractivity contribution in [1.29, 1.82) is 0 Å². The van der Waals surface area contributed by atoms with Crippen LogP contribution < -0.4 is 5.32 Å². The van der Waals surface area contributed by atoms with Crippen LogP contribution in [0.2, 0.25) is 0 Å². The van der Waals surface area contributed by atoms with Crippen LogP contribution in [0, 0.1) is 12.8 Å². The van der Waals surface area contributed by atoms with Gasteiger partial charge in [-0.05, 0) is 49.4 Å². The van der Waals surface area contributed by atoms with Crippen molar-refractivity contribution in [2.45, 2.75) is 27.7 Å². The highest BCUT2D eigenvalue weighted by Crippen LogP contribution is 2.18. The van der Waals surface area contributed by atoms with E-state index >= 15 is 0 Å². The van der Waals surface area contributed by atoms with Crippen molar-refractivity contribution in [1.82, 2.24) is 5.32 Å². The minimum Gasteiger partial charge on any atom is -0.313 e. The molecule has 1 rings (SSSR count). The van der Waals surface area contributed by atoms with E-state index < -0.39 is 0 Å². The van der Waals surface area contributed by atoms with Crippen LogP contribution in [0.5, 0.6) is 0 Å². The monoisotopic (exact) mass is 223 g/mol. The van der Waals surface area contributed by atoms with E-state index in [2.05, 4.69) is 50.5 Å². The zero-order valence-corrected chi connectivity index (χ0v) is 10.9. The maximum Gasteiger partial charge on any atom is 0.0299 e. The fraction of sp³-hybridized carbons (Fsp3) is 0.538. The number of rotatable bonds is 5. The predicted molar refractivity (Wildman–Crippen MR) is 70.4 cm³/mol. The van der Waals surface area contributed by atoms with Crippen LogP contribution in [-0.2, 0) is 0 Å². The van der Waals surface area contributed by atoms with Gasteiger partial charge in [-0.2, -0.15) is 0 Å². The molecule has 84 valence electrons. The highest BCUT2D eigenvalue weighted by Gasteiger charge is 1.97. The van der Waals surface area contributed by atoms with Crippen LogP contribution >= 0.6 is 11.3 Å². The van der Waals surface area contributed by atoms with E-state index in [1.807, 2.05) is 11.3 Å². The largest absolute Gasteiger partial charge is 0.313 e. The first-order valence-electron chi connectivity index (χ1n) is 5.51. The van der Waals surface area contributed by atoms with E-state index in [1.165, 1.54) is 16.0 Å². The van der Waals surface area contributed by atoms with Gasteiger partial charge in [-0.1, -0.05) is 19.4 Å². The van der Waals surface area contributed by atoms with Gasteiger partial charge in [-0.25, -0.2) is 0 Å². The molecule has 0 saturated carbocycles. The topological polar surface area (TPSA) is 12.0 Å². The smallest absolute Gasteiger partial charge is 0.0299 e. The Morgan fingerprint density at radius 1 is 1.53 bits per heavy atom. The normalized spacial score (nSPS) is 12.5. The lowest BCUT2D eigenvalue weighted by atomic mass is 10.2. The average Bonchev–Trinajstić information content (AvgIpc) is 2.51. The summed E-state index contributed by atoms with van der Waals surface area (Å²) in [5, 5.41) is 5.60. The van der Waals surface area contributed by atoms with Crippen LogP contribution in [-0.4, -0.2) is 13.1 Å². The molecule has 0 aliphatic heterocycles. The summed E-state index contributed by atoms with van der Waals surface area (Å²) in [4.78, 5) is 1.39. The summed E-state index contributed by atoms with van der Waals surface area (Å²) >= 11 is 1.81. The van der Waals surface area contributed by atoms with Crippen LogP contribution in [0.3, 0.4) is 0 Å². The van der Waals surface area contributed by atoms with Crippen molar-refractivity contribution in [2.24, 2.45) is 5.92 Å². The predicted octanol–water partition coefficient (Wildman–Crippen LogP) is 3.71. The zero-order valence-electron chi connectivity index (χ0n) is 10.1. The lowest BCUT2D eigenvalue weighted by Gasteiger charge is -2.07. The maximum atomic E-state index is 3.45. The maximum absolute atomic E-state index is 3.45.